The Hall–Kier alpha value is -0.520. The van der Waals surface area contributed by atoms with Crippen LogP contribution in [0.1, 0.15) is 18.4 Å². The molecule has 1 atom stereocenters. The average molecular weight is 241 g/mol. The number of hydrogen-bond acceptors (Lipinski definition) is 5. The van der Waals surface area contributed by atoms with Gasteiger partial charge in [0.2, 0.25) is 0 Å². The van der Waals surface area contributed by atoms with E-state index in [1.54, 1.807) is 0 Å². The lowest BCUT2D eigenvalue weighted by Crippen LogP contribution is -2.35. The van der Waals surface area contributed by atoms with E-state index in [0.717, 1.165) is 42.9 Å². The van der Waals surface area contributed by atoms with Crippen LogP contribution in [0.4, 0.5) is 0 Å². The molecule has 90 valence electrons. The summed E-state index contributed by atoms with van der Waals surface area (Å²) in [6.07, 6.45) is 0. The Bertz CT molecular complexity index is 329. The molecule has 0 amide bonds. The number of rotatable bonds is 4. The van der Waals surface area contributed by atoms with E-state index in [0.29, 0.717) is 0 Å². The van der Waals surface area contributed by atoms with Crippen molar-refractivity contribution < 1.29 is 4.52 Å². The Labute approximate surface area is 101 Å². The van der Waals surface area contributed by atoms with Crippen LogP contribution < -0.4 is 5.32 Å². The highest BCUT2D eigenvalue weighted by Gasteiger charge is 2.18. The third-order valence-corrected chi connectivity index (χ3v) is 3.81. The molecule has 0 aromatic carbocycles. The Morgan fingerprint density at radius 2 is 2.56 bits per heavy atom. The fourth-order valence-electron chi connectivity index (χ4n) is 1.95. The van der Waals surface area contributed by atoms with Crippen LogP contribution in [-0.2, 0) is 13.1 Å². The van der Waals surface area contributed by atoms with E-state index >= 15 is 0 Å². The maximum absolute atomic E-state index is 5.32. The summed E-state index contributed by atoms with van der Waals surface area (Å²) in [5, 5.41) is 7.82. The van der Waals surface area contributed by atoms with Crippen molar-refractivity contribution in [2.24, 2.45) is 0 Å². The first-order valence-corrected chi connectivity index (χ1v) is 6.76. The Kier molecular flexibility index (Phi) is 4.26. The van der Waals surface area contributed by atoms with Gasteiger partial charge in [-0.15, -0.1) is 0 Å². The lowest BCUT2D eigenvalue weighted by atomic mass is 10.3. The summed E-state index contributed by atoms with van der Waals surface area (Å²) >= 11 is 2.05. The van der Waals surface area contributed by atoms with Gasteiger partial charge in [0.15, 0.2) is 5.76 Å². The highest BCUT2D eigenvalue weighted by atomic mass is 32.2. The van der Waals surface area contributed by atoms with Crippen molar-refractivity contribution in [3.63, 3.8) is 0 Å². The SMILES string of the molecule is CNCc1cc(CN2CCSC(C)C2)on1. The van der Waals surface area contributed by atoms with Crippen LogP contribution in [0.3, 0.4) is 0 Å². The molecule has 1 aliphatic rings. The number of hydrogen-bond donors (Lipinski definition) is 1. The molecule has 2 heterocycles. The first kappa shape index (κ1) is 12.0. The second-order valence-corrected chi connectivity index (χ2v) is 5.78. The number of nitrogens with zero attached hydrogens (tertiary/aromatic N) is 2. The lowest BCUT2D eigenvalue weighted by molar-refractivity contribution is 0.239. The van der Waals surface area contributed by atoms with Gasteiger partial charge in [0.1, 0.15) is 0 Å². The zero-order valence-electron chi connectivity index (χ0n) is 9.90. The highest BCUT2D eigenvalue weighted by molar-refractivity contribution is 7.99. The van der Waals surface area contributed by atoms with Gasteiger partial charge in [-0.25, -0.2) is 0 Å². The van der Waals surface area contributed by atoms with Gasteiger partial charge in [0.25, 0.3) is 0 Å². The van der Waals surface area contributed by atoms with E-state index in [1.165, 1.54) is 5.75 Å². The van der Waals surface area contributed by atoms with Crippen molar-refractivity contribution in [2.45, 2.75) is 25.3 Å². The molecule has 0 saturated carbocycles. The van der Waals surface area contributed by atoms with E-state index in [-0.39, 0.29) is 0 Å². The quantitative estimate of drug-likeness (QED) is 0.861. The standard InChI is InChI=1S/C11H19N3OS/c1-9-7-14(3-4-16-9)8-11-5-10(6-12-2)13-15-11/h5,9,12H,3-4,6-8H2,1-2H3. The predicted molar refractivity (Wildman–Crippen MR) is 66.5 cm³/mol. The predicted octanol–water partition coefficient (Wildman–Crippen LogP) is 1.33. The minimum Gasteiger partial charge on any atom is -0.360 e. The van der Waals surface area contributed by atoms with Gasteiger partial charge < -0.3 is 9.84 Å². The smallest absolute Gasteiger partial charge is 0.151 e. The summed E-state index contributed by atoms with van der Waals surface area (Å²) in [4.78, 5) is 2.44. The largest absolute Gasteiger partial charge is 0.360 e. The summed E-state index contributed by atoms with van der Waals surface area (Å²) in [6.45, 7) is 6.24. The second kappa shape index (κ2) is 5.70. The lowest BCUT2D eigenvalue weighted by Gasteiger charge is -2.29. The van der Waals surface area contributed by atoms with Crippen LogP contribution >= 0.6 is 11.8 Å². The van der Waals surface area contributed by atoms with E-state index in [4.69, 9.17) is 4.52 Å². The first-order valence-electron chi connectivity index (χ1n) is 5.71. The summed E-state index contributed by atoms with van der Waals surface area (Å²) in [5.74, 6) is 2.20. The second-order valence-electron chi connectivity index (χ2n) is 4.23. The Balaban J connectivity index is 1.87. The van der Waals surface area contributed by atoms with Gasteiger partial charge in [-0.1, -0.05) is 12.1 Å². The molecular weight excluding hydrogens is 222 g/mol. The van der Waals surface area contributed by atoms with Crippen LogP contribution in [0.2, 0.25) is 0 Å². The van der Waals surface area contributed by atoms with Gasteiger partial charge in [-0.2, -0.15) is 11.8 Å². The van der Waals surface area contributed by atoms with Gasteiger partial charge in [0, 0.05) is 36.7 Å². The molecule has 1 unspecified atom stereocenters. The van der Waals surface area contributed by atoms with Crippen molar-refractivity contribution in [3.8, 4) is 0 Å². The minimum atomic E-state index is 0.730. The molecule has 1 N–H and O–H groups in total. The van der Waals surface area contributed by atoms with Crippen LogP contribution in [-0.4, -0.2) is 41.2 Å². The maximum Gasteiger partial charge on any atom is 0.151 e. The monoisotopic (exact) mass is 241 g/mol. The molecule has 0 radical (unpaired) electrons. The molecular formula is C11H19N3OS. The molecule has 0 aliphatic carbocycles. The zero-order chi connectivity index (χ0) is 11.4. The molecule has 1 aromatic heterocycles. The molecule has 16 heavy (non-hydrogen) atoms. The topological polar surface area (TPSA) is 41.3 Å². The number of aromatic nitrogens is 1. The van der Waals surface area contributed by atoms with Gasteiger partial charge in [0.05, 0.1) is 12.2 Å². The van der Waals surface area contributed by atoms with Crippen molar-refractivity contribution >= 4 is 11.8 Å². The normalized spacial score (nSPS) is 22.5. The zero-order valence-corrected chi connectivity index (χ0v) is 10.7. The van der Waals surface area contributed by atoms with E-state index in [9.17, 15) is 0 Å². The van der Waals surface area contributed by atoms with Crippen LogP contribution in [0, 0.1) is 0 Å². The Morgan fingerprint density at radius 1 is 1.69 bits per heavy atom. The molecule has 1 saturated heterocycles. The average Bonchev–Trinajstić information content (AvgIpc) is 2.66. The van der Waals surface area contributed by atoms with E-state index in [1.807, 2.05) is 24.9 Å². The summed E-state index contributed by atoms with van der Waals surface area (Å²) in [6, 6.07) is 2.04. The van der Waals surface area contributed by atoms with Crippen molar-refractivity contribution in [3.05, 3.63) is 17.5 Å². The van der Waals surface area contributed by atoms with Crippen LogP contribution in [0.5, 0.6) is 0 Å². The van der Waals surface area contributed by atoms with Gasteiger partial charge in [-0.05, 0) is 7.05 Å². The molecule has 1 aliphatic heterocycles. The van der Waals surface area contributed by atoms with E-state index < -0.39 is 0 Å². The fraction of sp³-hybridized carbons (Fsp3) is 0.727. The summed E-state index contributed by atoms with van der Waals surface area (Å²) < 4.78 is 5.32. The molecule has 1 fully saturated rings. The highest BCUT2D eigenvalue weighted by Crippen LogP contribution is 2.19. The third-order valence-electron chi connectivity index (χ3n) is 2.67. The van der Waals surface area contributed by atoms with Gasteiger partial charge in [-0.3, -0.25) is 4.90 Å². The summed E-state index contributed by atoms with van der Waals surface area (Å²) in [7, 11) is 1.91. The van der Waals surface area contributed by atoms with E-state index in [2.05, 4.69) is 22.3 Å². The molecule has 4 nitrogen and oxygen atoms in total. The van der Waals surface area contributed by atoms with Crippen LogP contribution in [0.15, 0.2) is 10.6 Å². The molecule has 1 aromatic rings. The number of nitrogens with one attached hydrogen (secondary N) is 1. The first-order chi connectivity index (χ1) is 7.78. The van der Waals surface area contributed by atoms with Crippen molar-refractivity contribution in [2.75, 3.05) is 25.9 Å². The fourth-order valence-corrected chi connectivity index (χ4v) is 3.03. The van der Waals surface area contributed by atoms with Crippen molar-refractivity contribution in [1.29, 1.82) is 0 Å². The molecule has 0 bridgehead atoms. The molecule has 0 spiro atoms. The third kappa shape index (κ3) is 3.23. The summed E-state index contributed by atoms with van der Waals surface area (Å²) in [5.41, 5.74) is 0.983. The molecule has 2 rings (SSSR count). The van der Waals surface area contributed by atoms with Crippen LogP contribution in [0.25, 0.3) is 0 Å². The minimum absolute atomic E-state index is 0.730. The van der Waals surface area contributed by atoms with Gasteiger partial charge >= 0.3 is 0 Å². The maximum atomic E-state index is 5.32. The molecule has 5 heteroatoms. The Morgan fingerprint density at radius 3 is 3.31 bits per heavy atom. The van der Waals surface area contributed by atoms with Crippen molar-refractivity contribution in [1.82, 2.24) is 15.4 Å². The number of thioether (sulfide) groups is 1.